The molecule has 0 unspecified atom stereocenters. The molecule has 0 saturated carbocycles. The second kappa shape index (κ2) is 6.70. The molecule has 0 aliphatic heterocycles. The average molecular weight is 365 g/mol. The number of nitrogens with zero attached hydrogens (tertiary/aromatic N) is 4. The first-order valence-electron chi connectivity index (χ1n) is 8.96. The van der Waals surface area contributed by atoms with E-state index in [-0.39, 0.29) is 0 Å². The van der Waals surface area contributed by atoms with Gasteiger partial charge in [0.05, 0.1) is 17.4 Å². The lowest BCUT2D eigenvalue weighted by Gasteiger charge is -2.15. The Kier molecular flexibility index (Phi) is 4.38. The van der Waals surface area contributed by atoms with Crippen molar-refractivity contribution in [2.45, 2.75) is 32.4 Å². The lowest BCUT2D eigenvalue weighted by molar-refractivity contribution is 0.0899. The first-order chi connectivity index (χ1) is 12.5. The van der Waals surface area contributed by atoms with E-state index in [1.807, 2.05) is 18.5 Å². The van der Waals surface area contributed by atoms with Crippen molar-refractivity contribution in [2.24, 2.45) is 0 Å². The van der Waals surface area contributed by atoms with Crippen LogP contribution in [0.4, 0.5) is 0 Å². The zero-order valence-electron chi connectivity index (χ0n) is 15.5. The fourth-order valence-electron chi connectivity index (χ4n) is 3.12. The smallest absolute Gasteiger partial charge is 0.143 e. The van der Waals surface area contributed by atoms with E-state index in [9.17, 15) is 0 Å². The van der Waals surface area contributed by atoms with Crippen molar-refractivity contribution in [2.75, 3.05) is 6.61 Å². The molecule has 0 amide bonds. The second-order valence-electron chi connectivity index (χ2n) is 7.83. The highest BCUT2D eigenvalue weighted by molar-refractivity contribution is 6.76. The summed E-state index contributed by atoms with van der Waals surface area (Å²) in [6.45, 7) is 8.45. The molecule has 0 aromatic carbocycles. The van der Waals surface area contributed by atoms with E-state index in [1.165, 1.54) is 6.04 Å². The Morgan fingerprint density at radius 1 is 1.08 bits per heavy atom. The van der Waals surface area contributed by atoms with Gasteiger partial charge in [-0.3, -0.25) is 4.98 Å². The Balaban J connectivity index is 1.67. The molecule has 0 N–H and O–H groups in total. The van der Waals surface area contributed by atoms with Crippen LogP contribution < -0.4 is 0 Å². The molecule has 4 rings (SSSR count). The third kappa shape index (κ3) is 3.30. The first-order valence-corrected chi connectivity index (χ1v) is 12.7. The maximum Gasteiger partial charge on any atom is 0.143 e. The molecule has 0 spiro atoms. The number of fused-ring (bicyclic) bond motifs is 3. The van der Waals surface area contributed by atoms with Crippen LogP contribution in [0.3, 0.4) is 0 Å². The molecule has 4 aromatic heterocycles. The third-order valence-electron chi connectivity index (χ3n) is 4.58. The Bertz CT molecular complexity index is 1030. The largest absolute Gasteiger partial charge is 0.361 e. The summed E-state index contributed by atoms with van der Waals surface area (Å²) in [5, 5.41) is 2.25. The van der Waals surface area contributed by atoms with Crippen LogP contribution in [0.5, 0.6) is 0 Å². The molecule has 6 heteroatoms. The van der Waals surface area contributed by atoms with E-state index >= 15 is 0 Å². The quantitative estimate of drug-likeness (QED) is 0.368. The summed E-state index contributed by atoms with van der Waals surface area (Å²) in [6.07, 6.45) is 9.74. The first kappa shape index (κ1) is 17.0. The third-order valence-corrected chi connectivity index (χ3v) is 6.29. The zero-order chi connectivity index (χ0) is 18.1. The van der Waals surface area contributed by atoms with Gasteiger partial charge in [0.1, 0.15) is 12.4 Å². The monoisotopic (exact) mass is 364 g/mol. The van der Waals surface area contributed by atoms with Crippen LogP contribution in [-0.2, 0) is 11.5 Å². The number of ether oxygens (including phenoxy) is 1. The second-order valence-corrected chi connectivity index (χ2v) is 13.5. The molecule has 134 valence electrons. The normalized spacial score (nSPS) is 12.3. The van der Waals surface area contributed by atoms with Crippen LogP contribution >= 0.6 is 0 Å². The fourth-order valence-corrected chi connectivity index (χ4v) is 3.87. The van der Waals surface area contributed by atoms with Crippen molar-refractivity contribution >= 4 is 30.0 Å². The number of rotatable bonds is 6. The van der Waals surface area contributed by atoms with Crippen molar-refractivity contribution < 1.29 is 4.74 Å². The summed E-state index contributed by atoms with van der Waals surface area (Å²) in [6, 6.07) is 9.41. The summed E-state index contributed by atoms with van der Waals surface area (Å²) in [5.74, 6) is 0. The minimum atomic E-state index is -1.06. The zero-order valence-corrected chi connectivity index (χ0v) is 16.5. The lowest BCUT2D eigenvalue weighted by Crippen LogP contribution is -2.22. The molecular formula is C20H24N4OSi. The van der Waals surface area contributed by atoms with Crippen molar-refractivity contribution in [3.8, 4) is 5.69 Å². The Labute approximate surface area is 154 Å². The van der Waals surface area contributed by atoms with Gasteiger partial charge in [-0.1, -0.05) is 19.6 Å². The fraction of sp³-hybridized carbons (Fsp3) is 0.300. The Hall–Kier alpha value is -2.44. The van der Waals surface area contributed by atoms with Gasteiger partial charge in [-0.15, -0.1) is 0 Å². The van der Waals surface area contributed by atoms with Gasteiger partial charge in [0.2, 0.25) is 0 Å². The highest BCUT2D eigenvalue weighted by Crippen LogP contribution is 2.27. The molecule has 0 aliphatic rings. The van der Waals surface area contributed by atoms with E-state index in [4.69, 9.17) is 4.74 Å². The molecule has 4 heterocycles. The van der Waals surface area contributed by atoms with Crippen LogP contribution in [0.1, 0.15) is 0 Å². The van der Waals surface area contributed by atoms with Gasteiger partial charge in [-0.25, -0.2) is 4.98 Å². The number of aromatic nitrogens is 4. The van der Waals surface area contributed by atoms with Crippen LogP contribution in [0.2, 0.25) is 25.7 Å². The summed E-state index contributed by atoms with van der Waals surface area (Å²) < 4.78 is 10.2. The highest BCUT2D eigenvalue weighted by Gasteiger charge is 2.14. The van der Waals surface area contributed by atoms with Crippen molar-refractivity contribution in [3.63, 3.8) is 0 Å². The van der Waals surface area contributed by atoms with E-state index in [0.717, 1.165) is 34.2 Å². The molecule has 26 heavy (non-hydrogen) atoms. The van der Waals surface area contributed by atoms with Gasteiger partial charge in [0, 0.05) is 50.2 Å². The molecule has 5 nitrogen and oxygen atoms in total. The molecule has 4 aromatic rings. The SMILES string of the molecule is C[Si](C)(C)CCOCn1ccc2c1ncc1ccn(-c3cccnc3)c12. The van der Waals surface area contributed by atoms with Gasteiger partial charge in [-0.2, -0.15) is 0 Å². The number of hydrogen-bond acceptors (Lipinski definition) is 3. The molecule has 0 fully saturated rings. The Morgan fingerprint density at radius 3 is 2.73 bits per heavy atom. The van der Waals surface area contributed by atoms with Crippen LogP contribution in [0.15, 0.2) is 55.2 Å². The molecule has 0 atom stereocenters. The molecule has 0 saturated heterocycles. The summed E-state index contributed by atoms with van der Waals surface area (Å²) in [7, 11) is -1.06. The molecule has 0 radical (unpaired) electrons. The van der Waals surface area contributed by atoms with E-state index in [0.29, 0.717) is 6.73 Å². The standard InChI is InChI=1S/C20H24N4OSi/c1-26(2,3)12-11-25-15-23-9-7-18-19-16(13-22-20(18)23)6-10-24(19)17-5-4-8-21-14-17/h4-10,13-14H,11-12,15H2,1-3H3. The van der Waals surface area contributed by atoms with Crippen molar-refractivity contribution in [3.05, 3.63) is 55.2 Å². The highest BCUT2D eigenvalue weighted by atomic mass is 28.3. The van der Waals surface area contributed by atoms with Gasteiger partial charge < -0.3 is 13.9 Å². The van der Waals surface area contributed by atoms with Gasteiger partial charge in [-0.05, 0) is 30.3 Å². The van der Waals surface area contributed by atoms with Crippen LogP contribution in [0.25, 0.3) is 27.6 Å². The molecular weight excluding hydrogens is 340 g/mol. The predicted molar refractivity (Wildman–Crippen MR) is 108 cm³/mol. The Morgan fingerprint density at radius 2 is 1.96 bits per heavy atom. The minimum Gasteiger partial charge on any atom is -0.361 e. The van der Waals surface area contributed by atoms with E-state index < -0.39 is 8.07 Å². The average Bonchev–Trinajstić information content (AvgIpc) is 3.22. The summed E-state index contributed by atoms with van der Waals surface area (Å²) >= 11 is 0. The summed E-state index contributed by atoms with van der Waals surface area (Å²) in [4.78, 5) is 8.91. The maximum absolute atomic E-state index is 5.91. The topological polar surface area (TPSA) is 44.9 Å². The number of pyridine rings is 2. The van der Waals surface area contributed by atoms with Crippen LogP contribution in [0, 0.1) is 0 Å². The van der Waals surface area contributed by atoms with Crippen LogP contribution in [-0.4, -0.2) is 33.8 Å². The molecule has 0 bridgehead atoms. The predicted octanol–water partition coefficient (Wildman–Crippen LogP) is 4.69. The van der Waals surface area contributed by atoms with Gasteiger partial charge >= 0.3 is 0 Å². The van der Waals surface area contributed by atoms with Crippen molar-refractivity contribution in [1.82, 2.24) is 19.1 Å². The minimum absolute atomic E-state index is 0.542. The van der Waals surface area contributed by atoms with Crippen molar-refractivity contribution in [1.29, 1.82) is 0 Å². The van der Waals surface area contributed by atoms with Gasteiger partial charge in [0.15, 0.2) is 0 Å². The molecule has 0 aliphatic carbocycles. The van der Waals surface area contributed by atoms with Gasteiger partial charge in [0.25, 0.3) is 0 Å². The maximum atomic E-state index is 5.91. The number of hydrogen-bond donors (Lipinski definition) is 0. The van der Waals surface area contributed by atoms with E-state index in [2.05, 4.69) is 69.3 Å². The lowest BCUT2D eigenvalue weighted by atomic mass is 10.2. The van der Waals surface area contributed by atoms with E-state index in [1.54, 1.807) is 6.20 Å². The summed E-state index contributed by atoms with van der Waals surface area (Å²) in [5.41, 5.74) is 3.16.